The van der Waals surface area contributed by atoms with Gasteiger partial charge in [-0.3, -0.25) is 0 Å². The molecule has 0 saturated heterocycles. The van der Waals surface area contributed by atoms with Crippen LogP contribution >= 0.6 is 0 Å². The van der Waals surface area contributed by atoms with E-state index in [9.17, 15) is 5.48 Å². The lowest BCUT2D eigenvalue weighted by Crippen LogP contribution is -2.61. The van der Waals surface area contributed by atoms with Crippen molar-refractivity contribution in [2.75, 3.05) is 14.7 Å². The zero-order valence-electron chi connectivity index (χ0n) is 56.8. The molecule has 4 nitrogen and oxygen atoms in total. The number of benzene rings is 9. The molecule has 0 spiro atoms. The smallest absolute Gasteiger partial charge is 0.297 e. The third kappa shape index (κ3) is 7.42. The maximum Gasteiger partial charge on any atom is 0.297 e. The van der Waals surface area contributed by atoms with E-state index >= 15 is 0 Å². The molecule has 3 aliphatic rings. The molecule has 356 valence electrons. The van der Waals surface area contributed by atoms with Gasteiger partial charge in [0.2, 0.25) is 0 Å². The highest BCUT2D eigenvalue weighted by atomic mass is 16.3. The number of nitrogens with zero attached hydrogens (tertiary/aromatic N) is 3. The highest BCUT2D eigenvalue weighted by Crippen LogP contribution is 2.53. The summed E-state index contributed by atoms with van der Waals surface area (Å²) in [6.07, 6.45) is 1.90. The summed E-state index contributed by atoms with van der Waals surface area (Å²) in [4.78, 5) is 5.80. The van der Waals surface area contributed by atoms with Crippen LogP contribution in [0.5, 0.6) is 0 Å². The minimum atomic E-state index is -0.750. The number of hydrogen-bond acceptors (Lipinski definition) is 4. The van der Waals surface area contributed by atoms with E-state index in [2.05, 4.69) is 89.8 Å². The van der Waals surface area contributed by atoms with Crippen LogP contribution in [0.1, 0.15) is 98.6 Å². The second-order valence-corrected chi connectivity index (χ2v) is 21.7. The van der Waals surface area contributed by atoms with Gasteiger partial charge in [0.15, 0.2) is 0 Å². The van der Waals surface area contributed by atoms with E-state index in [1.807, 2.05) is 35.2 Å². The number of para-hydroxylation sites is 2. The molecule has 1 aliphatic carbocycles. The first-order valence-corrected chi connectivity index (χ1v) is 24.8. The second-order valence-electron chi connectivity index (χ2n) is 21.7. The number of furan rings is 1. The van der Waals surface area contributed by atoms with Crippen molar-refractivity contribution in [1.29, 1.82) is 0 Å². The summed E-state index contributed by atoms with van der Waals surface area (Å²) in [6, 6.07) is 30.8. The average molecular weight is 961 g/mol. The Morgan fingerprint density at radius 1 is 0.521 bits per heavy atom. The van der Waals surface area contributed by atoms with E-state index in [-0.39, 0.29) is 44.2 Å². The van der Waals surface area contributed by atoms with E-state index in [0.717, 1.165) is 35.2 Å². The van der Waals surface area contributed by atoms with Crippen molar-refractivity contribution < 1.29 is 25.0 Å². The molecule has 3 heterocycles. The maximum atomic E-state index is 9.59. The molecule has 2 aliphatic heterocycles. The monoisotopic (exact) mass is 961 g/mol. The van der Waals surface area contributed by atoms with Crippen LogP contribution in [0.3, 0.4) is 0 Å². The summed E-state index contributed by atoms with van der Waals surface area (Å²) in [5.41, 5.74) is 10.1. The normalized spacial score (nSPS) is 18.0. The number of fused-ring (bicyclic) bond motifs is 7. The summed E-state index contributed by atoms with van der Waals surface area (Å²) < 4.78 is 142. The lowest BCUT2D eigenvalue weighted by atomic mass is 9.35. The summed E-state index contributed by atoms with van der Waals surface area (Å²) in [5.74, 6) is 0. The largest absolute Gasteiger partial charge is 0.468 e. The second kappa shape index (κ2) is 16.8. The molecule has 0 N–H and O–H groups in total. The molecule has 0 radical (unpaired) electrons. The van der Waals surface area contributed by atoms with Crippen LogP contribution in [-0.2, 0) is 16.2 Å². The fourth-order valence-electron chi connectivity index (χ4n) is 11.4. The number of anilines is 9. The van der Waals surface area contributed by atoms with Gasteiger partial charge < -0.3 is 19.1 Å². The number of hydrogen-bond donors (Lipinski definition) is 0. The van der Waals surface area contributed by atoms with Gasteiger partial charge in [-0.15, -0.1) is 0 Å². The molecular formula is C68H60BN3O. The van der Waals surface area contributed by atoms with Crippen LogP contribution < -0.4 is 31.3 Å². The van der Waals surface area contributed by atoms with Gasteiger partial charge in [-0.25, -0.2) is 0 Å². The average Bonchev–Trinajstić information content (AvgIpc) is 1.23. The topological polar surface area (TPSA) is 22.9 Å². The van der Waals surface area contributed by atoms with Crippen molar-refractivity contribution in [3.05, 3.63) is 229 Å². The van der Waals surface area contributed by atoms with Crippen LogP contribution in [0.25, 0.3) is 33.2 Å². The van der Waals surface area contributed by atoms with Crippen LogP contribution in [0.2, 0.25) is 0 Å². The standard InChI is InChI=1S/C68H60BN3O/c1-66(2,3)49-32-34-52(35-33-49)72-61-42-54(70(50-26-16-10-17-27-50)51-28-18-11-19-29-51)41-60-63(61)69(65-64(72)55-43-56-57(44-62(55)73-65)68(6,7)38-37-67(56,4)5)58-36-31-48(46-23-14-9-15-24-46)40-59(58)71(60)53-30-20-25-47(39-53)45-21-12-8-13-22-45/h8-36,39-44H,37-38H2,1-7H3/i8D,9D,10D,12D,13D,14D,15D,16D,17D,21D,22D,23D,24D,26D,27D. The molecule has 5 heteroatoms. The van der Waals surface area contributed by atoms with Crippen molar-refractivity contribution in [3.63, 3.8) is 0 Å². The highest BCUT2D eigenvalue weighted by molar-refractivity contribution is 7.00. The van der Waals surface area contributed by atoms with Crippen LogP contribution in [0.15, 0.2) is 216 Å². The van der Waals surface area contributed by atoms with Gasteiger partial charge in [0.05, 0.1) is 37.6 Å². The Bertz CT molecular complexity index is 4570. The fourth-order valence-corrected chi connectivity index (χ4v) is 11.4. The lowest BCUT2D eigenvalue weighted by molar-refractivity contribution is 0.332. The van der Waals surface area contributed by atoms with E-state index < -0.39 is 97.3 Å². The predicted octanol–water partition coefficient (Wildman–Crippen LogP) is 17.0. The van der Waals surface area contributed by atoms with Crippen molar-refractivity contribution in [1.82, 2.24) is 0 Å². The van der Waals surface area contributed by atoms with Gasteiger partial charge in [-0.2, -0.15) is 0 Å². The zero-order chi connectivity index (χ0) is 62.9. The van der Waals surface area contributed by atoms with Crippen LogP contribution in [0.4, 0.5) is 51.2 Å². The van der Waals surface area contributed by atoms with Crippen molar-refractivity contribution >= 4 is 85.5 Å². The molecule has 0 atom stereocenters. The zero-order valence-corrected chi connectivity index (χ0v) is 41.8. The minimum absolute atomic E-state index is 0.0473. The Hall–Kier alpha value is -8.02. The molecule has 73 heavy (non-hydrogen) atoms. The molecule has 10 aromatic rings. The third-order valence-corrected chi connectivity index (χ3v) is 15.3. The van der Waals surface area contributed by atoms with E-state index in [1.54, 1.807) is 59.5 Å². The van der Waals surface area contributed by atoms with Gasteiger partial charge in [0.25, 0.3) is 6.71 Å². The van der Waals surface area contributed by atoms with Gasteiger partial charge in [0.1, 0.15) is 5.58 Å². The quantitative estimate of drug-likeness (QED) is 0.149. The van der Waals surface area contributed by atoms with Gasteiger partial charge >= 0.3 is 0 Å². The lowest BCUT2D eigenvalue weighted by Gasteiger charge is -2.44. The molecule has 1 aromatic heterocycles. The molecule has 0 unspecified atom stereocenters. The molecular weight excluding hydrogens is 886 g/mol. The van der Waals surface area contributed by atoms with Crippen molar-refractivity contribution in [3.8, 4) is 22.3 Å². The summed E-state index contributed by atoms with van der Waals surface area (Å²) in [7, 11) is 0. The SMILES string of the molecule is [2H]c1c([2H])c([2H])c(-c2cccc(N3c4cc(-c5c([2H])c([2H])c([2H])c([2H])c5[2H])ccc4B4c5oc6cc7c(cc6c5N(c5ccc(C(C)(C)C)cc5)c5cc(N(c6ccccc6)c6c([2H])c([2H])c([2H])c([2H])c6[2H])cc3c54)C(C)(C)CCC7(C)C)c2)c([2H])c1[2H]. The van der Waals surface area contributed by atoms with Crippen molar-refractivity contribution in [2.45, 2.75) is 77.6 Å². The minimum Gasteiger partial charge on any atom is -0.468 e. The highest BCUT2D eigenvalue weighted by Gasteiger charge is 2.48. The van der Waals surface area contributed by atoms with E-state index in [4.69, 9.17) is 19.5 Å². The Labute approximate surface area is 452 Å². The molecule has 0 fully saturated rings. The first kappa shape index (κ1) is 31.4. The van der Waals surface area contributed by atoms with Crippen LogP contribution in [0, 0.1) is 0 Å². The first-order chi connectivity index (χ1) is 41.5. The Morgan fingerprint density at radius 3 is 1.77 bits per heavy atom. The van der Waals surface area contributed by atoms with Crippen molar-refractivity contribution in [2.24, 2.45) is 0 Å². The summed E-state index contributed by atoms with van der Waals surface area (Å²) in [6.45, 7) is 14.8. The van der Waals surface area contributed by atoms with Gasteiger partial charge in [-0.05, 0) is 158 Å². The fraction of sp³-hybridized carbons (Fsp3) is 0.176. The van der Waals surface area contributed by atoms with E-state index in [1.165, 1.54) is 11.1 Å². The molecule has 9 aromatic carbocycles. The maximum absolute atomic E-state index is 9.59. The summed E-state index contributed by atoms with van der Waals surface area (Å²) in [5, 5.41) is 0.841. The Morgan fingerprint density at radius 2 is 1.12 bits per heavy atom. The summed E-state index contributed by atoms with van der Waals surface area (Å²) >= 11 is 0. The predicted molar refractivity (Wildman–Crippen MR) is 310 cm³/mol. The molecule has 0 saturated carbocycles. The van der Waals surface area contributed by atoms with Gasteiger partial charge in [0, 0.05) is 45.2 Å². The third-order valence-electron chi connectivity index (χ3n) is 15.3. The molecule has 0 bridgehead atoms. The molecule has 0 amide bonds. The van der Waals surface area contributed by atoms with E-state index in [0.29, 0.717) is 56.3 Å². The first-order valence-electron chi connectivity index (χ1n) is 32.3. The number of rotatable bonds is 7. The Balaban J connectivity index is 1.22. The molecule has 13 rings (SSSR count). The van der Waals surface area contributed by atoms with Crippen LogP contribution in [-0.4, -0.2) is 6.71 Å². The Kier molecular flexibility index (Phi) is 7.23. The van der Waals surface area contributed by atoms with Gasteiger partial charge in [-0.1, -0.05) is 182 Å².